The number of anilines is 2. The van der Waals surface area contributed by atoms with Gasteiger partial charge in [-0.1, -0.05) is 12.1 Å². The van der Waals surface area contributed by atoms with E-state index in [0.717, 1.165) is 71.6 Å². The maximum absolute atomic E-state index is 12.7. The standard InChI is InChI=1S/C28H30F3N7O/c1-16-5-4-6-23(15-16)38-26-24(17(2)37-38)25(32-18(3)33-26)34-20-11-13-22(14-12-20)36-27(39)35-21-9-7-19(8-10-21)28(29,30)31/h4-10,15,20,22H,11-14H2,1-3H3,(H,32,33,34)(H2,35,36,39). The summed E-state index contributed by atoms with van der Waals surface area (Å²) in [7, 11) is 0. The van der Waals surface area contributed by atoms with Gasteiger partial charge in [-0.25, -0.2) is 19.4 Å². The lowest BCUT2D eigenvalue weighted by Crippen LogP contribution is -2.42. The summed E-state index contributed by atoms with van der Waals surface area (Å²) in [5.41, 5.74) is 3.22. The van der Waals surface area contributed by atoms with Gasteiger partial charge in [0.05, 0.1) is 22.3 Å². The molecule has 39 heavy (non-hydrogen) atoms. The SMILES string of the molecule is Cc1cccc(-n2nc(C)c3c(NC4CCC(NC(=O)Nc5ccc(C(F)(F)F)cc5)CC4)nc(C)nc32)c1. The predicted octanol–water partition coefficient (Wildman–Crippen LogP) is 6.30. The number of carbonyl (C=O) groups is 1. The van der Waals surface area contributed by atoms with E-state index in [-0.39, 0.29) is 12.1 Å². The van der Waals surface area contributed by atoms with E-state index in [1.165, 1.54) is 12.1 Å². The summed E-state index contributed by atoms with van der Waals surface area (Å²) < 4.78 is 40.1. The third kappa shape index (κ3) is 5.97. The van der Waals surface area contributed by atoms with Crippen LogP contribution in [-0.4, -0.2) is 37.9 Å². The molecule has 0 spiro atoms. The van der Waals surface area contributed by atoms with E-state index in [2.05, 4.69) is 22.0 Å². The van der Waals surface area contributed by atoms with Gasteiger partial charge < -0.3 is 16.0 Å². The maximum atomic E-state index is 12.7. The lowest BCUT2D eigenvalue weighted by atomic mass is 9.91. The van der Waals surface area contributed by atoms with Gasteiger partial charge in [-0.05, 0) is 88.4 Å². The largest absolute Gasteiger partial charge is 0.416 e. The van der Waals surface area contributed by atoms with Crippen molar-refractivity contribution in [1.82, 2.24) is 25.1 Å². The highest BCUT2D eigenvalue weighted by Crippen LogP contribution is 2.31. The number of nitrogens with one attached hydrogen (secondary N) is 3. The molecular weight excluding hydrogens is 507 g/mol. The molecule has 0 aliphatic heterocycles. The molecule has 1 fully saturated rings. The number of halogens is 3. The number of hydrogen-bond acceptors (Lipinski definition) is 5. The van der Waals surface area contributed by atoms with Crippen LogP contribution in [0.3, 0.4) is 0 Å². The molecule has 1 saturated carbocycles. The second-order valence-electron chi connectivity index (χ2n) is 10.0. The number of fused-ring (bicyclic) bond motifs is 1. The quantitative estimate of drug-likeness (QED) is 0.278. The van der Waals surface area contributed by atoms with Crippen LogP contribution in [0.4, 0.5) is 29.5 Å². The van der Waals surface area contributed by atoms with Crippen molar-refractivity contribution in [2.45, 2.75) is 64.7 Å². The maximum Gasteiger partial charge on any atom is 0.416 e. The first kappa shape index (κ1) is 26.5. The van der Waals surface area contributed by atoms with Crippen LogP contribution in [0.15, 0.2) is 48.5 Å². The molecule has 4 aromatic rings. The molecular formula is C28H30F3N7O. The molecule has 1 aliphatic rings. The highest BCUT2D eigenvalue weighted by molar-refractivity contribution is 5.91. The van der Waals surface area contributed by atoms with Gasteiger partial charge in [0.15, 0.2) is 5.65 Å². The zero-order valence-electron chi connectivity index (χ0n) is 21.9. The fourth-order valence-corrected chi connectivity index (χ4v) is 5.01. The van der Waals surface area contributed by atoms with Gasteiger partial charge in [-0.3, -0.25) is 0 Å². The van der Waals surface area contributed by atoms with Gasteiger partial charge in [0.1, 0.15) is 11.6 Å². The molecule has 11 heteroatoms. The molecule has 2 heterocycles. The third-order valence-corrected chi connectivity index (χ3v) is 6.93. The molecule has 5 rings (SSSR count). The number of urea groups is 1. The molecule has 1 aliphatic carbocycles. The molecule has 2 aromatic carbocycles. The molecule has 0 unspecified atom stereocenters. The summed E-state index contributed by atoms with van der Waals surface area (Å²) in [6.07, 6.45) is -1.26. The van der Waals surface area contributed by atoms with Crippen molar-refractivity contribution in [3.05, 3.63) is 71.2 Å². The monoisotopic (exact) mass is 537 g/mol. The van der Waals surface area contributed by atoms with Crippen LogP contribution in [0.1, 0.15) is 48.3 Å². The normalized spacial score (nSPS) is 17.7. The van der Waals surface area contributed by atoms with Crippen molar-refractivity contribution < 1.29 is 18.0 Å². The van der Waals surface area contributed by atoms with Crippen molar-refractivity contribution in [2.24, 2.45) is 0 Å². The Morgan fingerprint density at radius 3 is 2.31 bits per heavy atom. The average molecular weight is 538 g/mol. The lowest BCUT2D eigenvalue weighted by Gasteiger charge is -2.30. The minimum atomic E-state index is -4.41. The number of amides is 2. The van der Waals surface area contributed by atoms with Crippen LogP contribution >= 0.6 is 0 Å². The number of alkyl halides is 3. The van der Waals surface area contributed by atoms with Gasteiger partial charge in [-0.15, -0.1) is 0 Å². The topological polar surface area (TPSA) is 96.8 Å². The molecule has 3 N–H and O–H groups in total. The summed E-state index contributed by atoms with van der Waals surface area (Å²) in [5.74, 6) is 1.40. The number of rotatable bonds is 5. The van der Waals surface area contributed by atoms with Crippen molar-refractivity contribution in [3.63, 3.8) is 0 Å². The van der Waals surface area contributed by atoms with Crippen LogP contribution in [0.2, 0.25) is 0 Å². The summed E-state index contributed by atoms with van der Waals surface area (Å²) in [5, 5.41) is 14.8. The van der Waals surface area contributed by atoms with Gasteiger partial charge in [0.2, 0.25) is 0 Å². The number of hydrogen-bond donors (Lipinski definition) is 3. The second-order valence-corrected chi connectivity index (χ2v) is 10.0. The Bertz CT molecular complexity index is 1490. The zero-order chi connectivity index (χ0) is 27.7. The first-order chi connectivity index (χ1) is 18.6. The van der Waals surface area contributed by atoms with Gasteiger partial charge in [0, 0.05) is 17.8 Å². The highest BCUT2D eigenvalue weighted by atomic mass is 19.4. The number of aryl methyl sites for hydroxylation is 3. The molecule has 8 nitrogen and oxygen atoms in total. The fourth-order valence-electron chi connectivity index (χ4n) is 5.01. The summed E-state index contributed by atoms with van der Waals surface area (Å²) in [6, 6.07) is 12.2. The second kappa shape index (κ2) is 10.5. The summed E-state index contributed by atoms with van der Waals surface area (Å²) >= 11 is 0. The van der Waals surface area contributed by atoms with Gasteiger partial charge >= 0.3 is 12.2 Å². The average Bonchev–Trinajstić information content (AvgIpc) is 3.21. The van der Waals surface area contributed by atoms with Crippen molar-refractivity contribution in [1.29, 1.82) is 0 Å². The van der Waals surface area contributed by atoms with E-state index in [4.69, 9.17) is 15.1 Å². The molecule has 0 atom stereocenters. The Morgan fingerprint density at radius 1 is 0.949 bits per heavy atom. The fraction of sp³-hybridized carbons (Fsp3) is 0.357. The Balaban J connectivity index is 1.21. The summed E-state index contributed by atoms with van der Waals surface area (Å²) in [4.78, 5) is 21.8. The minimum absolute atomic E-state index is 0.0320. The first-order valence-corrected chi connectivity index (χ1v) is 12.9. The minimum Gasteiger partial charge on any atom is -0.367 e. The Kier molecular flexibility index (Phi) is 7.16. The molecule has 0 saturated heterocycles. The lowest BCUT2D eigenvalue weighted by molar-refractivity contribution is -0.137. The van der Waals surface area contributed by atoms with Crippen LogP contribution in [0, 0.1) is 20.8 Å². The first-order valence-electron chi connectivity index (χ1n) is 12.9. The predicted molar refractivity (Wildman–Crippen MR) is 144 cm³/mol. The Hall–Kier alpha value is -4.15. The number of nitrogens with zero attached hydrogens (tertiary/aromatic N) is 4. The van der Waals surface area contributed by atoms with Crippen molar-refractivity contribution in [3.8, 4) is 5.69 Å². The number of carbonyl (C=O) groups excluding carboxylic acids is 1. The van der Waals surface area contributed by atoms with E-state index in [9.17, 15) is 18.0 Å². The number of aromatic nitrogens is 4. The van der Waals surface area contributed by atoms with Crippen LogP contribution < -0.4 is 16.0 Å². The molecule has 204 valence electrons. The number of benzene rings is 2. The molecule has 2 aromatic heterocycles. The Morgan fingerprint density at radius 2 is 1.64 bits per heavy atom. The smallest absolute Gasteiger partial charge is 0.367 e. The van der Waals surface area contributed by atoms with Crippen molar-refractivity contribution >= 4 is 28.6 Å². The third-order valence-electron chi connectivity index (χ3n) is 6.93. The van der Waals surface area contributed by atoms with E-state index in [0.29, 0.717) is 11.5 Å². The van der Waals surface area contributed by atoms with Crippen LogP contribution in [0.5, 0.6) is 0 Å². The van der Waals surface area contributed by atoms with E-state index in [1.54, 1.807) is 0 Å². The van der Waals surface area contributed by atoms with E-state index < -0.39 is 17.8 Å². The van der Waals surface area contributed by atoms with E-state index in [1.807, 2.05) is 43.7 Å². The summed E-state index contributed by atoms with van der Waals surface area (Å²) in [6.45, 7) is 5.86. The Labute approximate surface area is 224 Å². The molecule has 2 amide bonds. The van der Waals surface area contributed by atoms with Crippen LogP contribution in [0.25, 0.3) is 16.7 Å². The van der Waals surface area contributed by atoms with Gasteiger partial charge in [-0.2, -0.15) is 18.3 Å². The highest BCUT2D eigenvalue weighted by Gasteiger charge is 2.30. The molecule has 0 bridgehead atoms. The molecule has 0 radical (unpaired) electrons. The van der Waals surface area contributed by atoms with Crippen molar-refractivity contribution in [2.75, 3.05) is 10.6 Å². The zero-order valence-corrected chi connectivity index (χ0v) is 21.9. The van der Waals surface area contributed by atoms with Crippen LogP contribution in [-0.2, 0) is 6.18 Å². The van der Waals surface area contributed by atoms with E-state index >= 15 is 0 Å². The van der Waals surface area contributed by atoms with Gasteiger partial charge in [0.25, 0.3) is 0 Å².